The number of anilines is 1. The summed E-state index contributed by atoms with van der Waals surface area (Å²) in [6.07, 6.45) is 1.74. The SMILES string of the molecule is CCN(CCNC(=O)N(C)Cc1ccccn1)c1cccc(C)c1. The maximum Gasteiger partial charge on any atom is 0.317 e. The number of amides is 2. The van der Waals surface area contributed by atoms with E-state index >= 15 is 0 Å². The molecule has 0 aliphatic carbocycles. The van der Waals surface area contributed by atoms with Crippen LogP contribution in [0, 0.1) is 6.92 Å². The van der Waals surface area contributed by atoms with Crippen LogP contribution in [0.25, 0.3) is 0 Å². The molecule has 2 rings (SSSR count). The molecule has 2 aromatic rings. The summed E-state index contributed by atoms with van der Waals surface area (Å²) in [5, 5.41) is 2.97. The molecular formula is C19H26N4O. The van der Waals surface area contributed by atoms with Crippen molar-refractivity contribution in [2.45, 2.75) is 20.4 Å². The molecule has 128 valence electrons. The summed E-state index contributed by atoms with van der Waals surface area (Å²) in [7, 11) is 1.78. The fraction of sp³-hybridized carbons (Fsp3) is 0.368. The maximum atomic E-state index is 12.2. The molecule has 0 aliphatic rings. The molecule has 1 N–H and O–H groups in total. The molecule has 0 unspecified atom stereocenters. The highest BCUT2D eigenvalue weighted by atomic mass is 16.2. The molecule has 24 heavy (non-hydrogen) atoms. The number of carbonyl (C=O) groups is 1. The predicted octanol–water partition coefficient (Wildman–Crippen LogP) is 3.06. The van der Waals surface area contributed by atoms with Crippen molar-refractivity contribution in [3.05, 3.63) is 59.9 Å². The van der Waals surface area contributed by atoms with Crippen LogP contribution in [0.3, 0.4) is 0 Å². The van der Waals surface area contributed by atoms with Crippen LogP contribution in [-0.2, 0) is 6.54 Å². The molecule has 1 heterocycles. The van der Waals surface area contributed by atoms with E-state index in [1.54, 1.807) is 18.1 Å². The molecule has 5 nitrogen and oxygen atoms in total. The number of aromatic nitrogens is 1. The molecular weight excluding hydrogens is 300 g/mol. The summed E-state index contributed by atoms with van der Waals surface area (Å²) in [5.41, 5.74) is 3.31. The molecule has 0 saturated carbocycles. The lowest BCUT2D eigenvalue weighted by atomic mass is 10.2. The number of urea groups is 1. The third-order valence-electron chi connectivity index (χ3n) is 3.88. The average Bonchev–Trinajstić information content (AvgIpc) is 2.59. The van der Waals surface area contributed by atoms with Gasteiger partial charge in [-0.05, 0) is 43.7 Å². The van der Waals surface area contributed by atoms with Gasteiger partial charge < -0.3 is 15.1 Å². The largest absolute Gasteiger partial charge is 0.370 e. The Balaban J connectivity index is 1.80. The van der Waals surface area contributed by atoms with E-state index in [1.807, 2.05) is 18.2 Å². The summed E-state index contributed by atoms with van der Waals surface area (Å²) < 4.78 is 0. The fourth-order valence-corrected chi connectivity index (χ4v) is 2.53. The van der Waals surface area contributed by atoms with Gasteiger partial charge in [0, 0.05) is 38.6 Å². The van der Waals surface area contributed by atoms with Gasteiger partial charge in [-0.1, -0.05) is 18.2 Å². The summed E-state index contributed by atoms with van der Waals surface area (Å²) in [6, 6.07) is 14.0. The predicted molar refractivity (Wildman–Crippen MR) is 98.2 cm³/mol. The number of carbonyl (C=O) groups excluding carboxylic acids is 1. The number of rotatable bonds is 7. The van der Waals surface area contributed by atoms with Crippen molar-refractivity contribution in [1.29, 1.82) is 0 Å². The molecule has 0 saturated heterocycles. The summed E-state index contributed by atoms with van der Waals surface area (Å²) in [4.78, 5) is 20.3. The van der Waals surface area contributed by atoms with Crippen LogP contribution in [0.5, 0.6) is 0 Å². The summed E-state index contributed by atoms with van der Waals surface area (Å²) >= 11 is 0. The second-order valence-corrected chi connectivity index (χ2v) is 5.83. The number of pyridine rings is 1. The maximum absolute atomic E-state index is 12.2. The molecule has 1 aromatic heterocycles. The lowest BCUT2D eigenvalue weighted by Gasteiger charge is -2.24. The van der Waals surface area contributed by atoms with E-state index in [0.717, 1.165) is 18.8 Å². The smallest absolute Gasteiger partial charge is 0.317 e. The first kappa shape index (κ1) is 17.8. The Morgan fingerprint density at radius 2 is 2.04 bits per heavy atom. The van der Waals surface area contributed by atoms with E-state index in [-0.39, 0.29) is 6.03 Å². The van der Waals surface area contributed by atoms with Crippen LogP contribution in [0.4, 0.5) is 10.5 Å². The van der Waals surface area contributed by atoms with Gasteiger partial charge in [-0.15, -0.1) is 0 Å². The molecule has 0 bridgehead atoms. The van der Waals surface area contributed by atoms with E-state index < -0.39 is 0 Å². The Morgan fingerprint density at radius 3 is 2.71 bits per heavy atom. The van der Waals surface area contributed by atoms with Gasteiger partial charge in [-0.2, -0.15) is 0 Å². The van der Waals surface area contributed by atoms with Crippen LogP contribution < -0.4 is 10.2 Å². The molecule has 5 heteroatoms. The van der Waals surface area contributed by atoms with Gasteiger partial charge >= 0.3 is 6.03 Å². The van der Waals surface area contributed by atoms with Crippen molar-refractivity contribution < 1.29 is 4.79 Å². The lowest BCUT2D eigenvalue weighted by Crippen LogP contribution is -2.41. The normalized spacial score (nSPS) is 10.3. The molecule has 0 spiro atoms. The minimum Gasteiger partial charge on any atom is -0.370 e. The highest BCUT2D eigenvalue weighted by molar-refractivity contribution is 5.73. The zero-order valence-electron chi connectivity index (χ0n) is 14.7. The van der Waals surface area contributed by atoms with Crippen LogP contribution in [0.1, 0.15) is 18.2 Å². The molecule has 1 aromatic carbocycles. The summed E-state index contributed by atoms with van der Waals surface area (Å²) in [5.74, 6) is 0. The number of likely N-dealkylation sites (N-methyl/N-ethyl adjacent to an activating group) is 1. The highest BCUT2D eigenvalue weighted by Crippen LogP contribution is 2.14. The number of benzene rings is 1. The van der Waals surface area contributed by atoms with Gasteiger partial charge in [0.05, 0.1) is 12.2 Å². The van der Waals surface area contributed by atoms with E-state index in [1.165, 1.54) is 11.3 Å². The number of nitrogens with one attached hydrogen (secondary N) is 1. The van der Waals surface area contributed by atoms with Gasteiger partial charge in [-0.3, -0.25) is 4.98 Å². The second-order valence-electron chi connectivity index (χ2n) is 5.83. The van der Waals surface area contributed by atoms with Crippen LogP contribution in [-0.4, -0.2) is 42.6 Å². The lowest BCUT2D eigenvalue weighted by molar-refractivity contribution is 0.206. The molecule has 0 fully saturated rings. The number of hydrogen-bond donors (Lipinski definition) is 1. The summed E-state index contributed by atoms with van der Waals surface area (Å²) in [6.45, 7) is 7.00. The van der Waals surface area contributed by atoms with Crippen molar-refractivity contribution in [3.8, 4) is 0 Å². The molecule has 0 aliphatic heterocycles. The Kier molecular flexibility index (Phi) is 6.61. The van der Waals surface area contributed by atoms with Gasteiger partial charge in [0.25, 0.3) is 0 Å². The molecule has 0 radical (unpaired) electrons. The quantitative estimate of drug-likeness (QED) is 0.851. The van der Waals surface area contributed by atoms with E-state index in [4.69, 9.17) is 0 Å². The van der Waals surface area contributed by atoms with E-state index in [0.29, 0.717) is 13.1 Å². The van der Waals surface area contributed by atoms with Crippen molar-refractivity contribution in [1.82, 2.24) is 15.2 Å². The first-order valence-corrected chi connectivity index (χ1v) is 8.30. The number of aryl methyl sites for hydroxylation is 1. The Morgan fingerprint density at radius 1 is 1.21 bits per heavy atom. The fourth-order valence-electron chi connectivity index (χ4n) is 2.53. The number of hydrogen-bond acceptors (Lipinski definition) is 3. The third kappa shape index (κ3) is 5.26. The van der Waals surface area contributed by atoms with Crippen molar-refractivity contribution in [3.63, 3.8) is 0 Å². The number of nitrogens with zero attached hydrogens (tertiary/aromatic N) is 3. The van der Waals surface area contributed by atoms with Crippen LogP contribution in [0.15, 0.2) is 48.7 Å². The Bertz CT molecular complexity index is 645. The Hall–Kier alpha value is -2.56. The van der Waals surface area contributed by atoms with Gasteiger partial charge in [0.1, 0.15) is 0 Å². The van der Waals surface area contributed by atoms with Crippen molar-refractivity contribution in [2.24, 2.45) is 0 Å². The van der Waals surface area contributed by atoms with E-state index in [9.17, 15) is 4.79 Å². The zero-order valence-corrected chi connectivity index (χ0v) is 14.7. The van der Waals surface area contributed by atoms with Crippen LogP contribution in [0.2, 0.25) is 0 Å². The van der Waals surface area contributed by atoms with Gasteiger partial charge in [-0.25, -0.2) is 4.79 Å². The first-order valence-electron chi connectivity index (χ1n) is 8.30. The molecule has 0 atom stereocenters. The zero-order chi connectivity index (χ0) is 17.4. The highest BCUT2D eigenvalue weighted by Gasteiger charge is 2.10. The van der Waals surface area contributed by atoms with Gasteiger partial charge in [0.2, 0.25) is 0 Å². The minimum atomic E-state index is -0.0825. The standard InChI is InChI=1S/C19H26N4O/c1-4-23(18-10-7-8-16(2)14-18)13-12-21-19(24)22(3)15-17-9-5-6-11-20-17/h5-11,14H,4,12-13,15H2,1-3H3,(H,21,24). The van der Waals surface area contributed by atoms with E-state index in [2.05, 4.69) is 53.3 Å². The van der Waals surface area contributed by atoms with Crippen molar-refractivity contribution in [2.75, 3.05) is 31.6 Å². The monoisotopic (exact) mass is 326 g/mol. The minimum absolute atomic E-state index is 0.0825. The van der Waals surface area contributed by atoms with Gasteiger partial charge in [0.15, 0.2) is 0 Å². The molecule has 2 amide bonds. The first-order chi connectivity index (χ1) is 11.6. The van der Waals surface area contributed by atoms with Crippen molar-refractivity contribution >= 4 is 11.7 Å². The van der Waals surface area contributed by atoms with Crippen LogP contribution >= 0.6 is 0 Å². The topological polar surface area (TPSA) is 48.5 Å². The second kappa shape index (κ2) is 8.91. The average molecular weight is 326 g/mol. The Labute approximate surface area is 144 Å². The third-order valence-corrected chi connectivity index (χ3v) is 3.88.